The van der Waals surface area contributed by atoms with Gasteiger partial charge in [-0.05, 0) is 83.5 Å². The van der Waals surface area contributed by atoms with Crippen LogP contribution in [0.15, 0.2) is 100 Å². The van der Waals surface area contributed by atoms with Crippen LogP contribution in [0.5, 0.6) is 5.75 Å². The van der Waals surface area contributed by atoms with Crippen molar-refractivity contribution in [2.24, 2.45) is 0 Å². The van der Waals surface area contributed by atoms with Crippen molar-refractivity contribution in [2.75, 3.05) is 24.7 Å². The van der Waals surface area contributed by atoms with Gasteiger partial charge in [0.2, 0.25) is 0 Å². The van der Waals surface area contributed by atoms with Gasteiger partial charge in [0.25, 0.3) is 0 Å². The van der Waals surface area contributed by atoms with E-state index in [0.29, 0.717) is 35.0 Å². The molecule has 0 aliphatic heterocycles. The number of nitrogens with zero attached hydrogens (tertiary/aromatic N) is 6. The average Bonchev–Trinajstić information content (AvgIpc) is 3.58. The third-order valence-corrected chi connectivity index (χ3v) is 10.8. The molecule has 6 aromatic rings. The Morgan fingerprint density at radius 2 is 1.90 bits per heavy atom. The van der Waals surface area contributed by atoms with Gasteiger partial charge < -0.3 is 10.1 Å². The van der Waals surface area contributed by atoms with Gasteiger partial charge in [-0.15, -0.1) is 11.3 Å². The summed E-state index contributed by atoms with van der Waals surface area (Å²) >= 11 is 5.09. The molecule has 0 aliphatic carbocycles. The number of benzene rings is 2. The molecule has 0 aliphatic rings. The number of rotatable bonds is 13. The topological polar surface area (TPSA) is 123 Å². The SMILES string of the molecule is CCC(c1nc(-c2cc3c(Nc4ccc(OCc5cccc(F)c5)c(Br)c4)ncnc3cn2)cs1)N(C)CCS(=O)(=O)c1ccccn1. The van der Waals surface area contributed by atoms with Gasteiger partial charge in [-0.2, -0.15) is 0 Å². The molecular formula is C34H31BrFN7O3S2. The van der Waals surface area contributed by atoms with Crippen molar-refractivity contribution in [1.82, 2.24) is 29.8 Å². The lowest BCUT2D eigenvalue weighted by Crippen LogP contribution is -2.29. The third-order valence-electron chi connectivity index (χ3n) is 7.66. The molecule has 0 radical (unpaired) electrons. The molecule has 4 heterocycles. The number of thiazole rings is 1. The molecule has 0 saturated heterocycles. The fourth-order valence-electron chi connectivity index (χ4n) is 5.11. The number of aromatic nitrogens is 5. The summed E-state index contributed by atoms with van der Waals surface area (Å²) in [7, 11) is -1.59. The maximum atomic E-state index is 13.5. The van der Waals surface area contributed by atoms with E-state index in [0.717, 1.165) is 32.5 Å². The first kappa shape index (κ1) is 33.5. The van der Waals surface area contributed by atoms with Crippen LogP contribution in [0.25, 0.3) is 22.3 Å². The highest BCUT2D eigenvalue weighted by Crippen LogP contribution is 2.34. The first-order valence-corrected chi connectivity index (χ1v) is 18.4. The molecule has 0 spiro atoms. The zero-order valence-electron chi connectivity index (χ0n) is 26.0. The van der Waals surface area contributed by atoms with Crippen LogP contribution in [0.2, 0.25) is 0 Å². The minimum atomic E-state index is -3.50. The van der Waals surface area contributed by atoms with E-state index in [1.54, 1.807) is 24.4 Å². The van der Waals surface area contributed by atoms with E-state index >= 15 is 0 Å². The highest BCUT2D eigenvalue weighted by atomic mass is 79.9. The van der Waals surface area contributed by atoms with E-state index in [2.05, 4.69) is 48.1 Å². The summed E-state index contributed by atoms with van der Waals surface area (Å²) in [6, 6.07) is 18.6. The lowest BCUT2D eigenvalue weighted by Gasteiger charge is -2.25. The zero-order chi connectivity index (χ0) is 33.7. The quantitative estimate of drug-likeness (QED) is 0.126. The summed E-state index contributed by atoms with van der Waals surface area (Å²) in [6.07, 6.45) is 5.42. The Bertz CT molecular complexity index is 2150. The fraction of sp³-hybridized carbons (Fsp3) is 0.206. The molecule has 14 heteroatoms. The van der Waals surface area contributed by atoms with Crippen LogP contribution in [-0.2, 0) is 16.4 Å². The predicted molar refractivity (Wildman–Crippen MR) is 189 cm³/mol. The largest absolute Gasteiger partial charge is 0.488 e. The standard InChI is InChI=1S/C34H31BrFN7O3S2/c1-3-30(43(2)13-14-48(44,45)32-9-4-5-12-37-32)34-42-29(20-47-34)27-17-25-28(18-38-27)39-21-40-33(25)41-24-10-11-31(26(35)16-24)46-19-22-7-6-8-23(36)15-22/h4-12,15-18,20-21,30H,3,13-14,19H2,1-2H3,(H,39,40,41). The lowest BCUT2D eigenvalue weighted by atomic mass is 10.2. The summed E-state index contributed by atoms with van der Waals surface area (Å²) in [5.74, 6) is 0.869. The molecular weight excluding hydrogens is 717 g/mol. The van der Waals surface area contributed by atoms with E-state index in [-0.39, 0.29) is 29.2 Å². The van der Waals surface area contributed by atoms with Gasteiger partial charge in [0.05, 0.1) is 39.4 Å². The van der Waals surface area contributed by atoms with Crippen molar-refractivity contribution in [2.45, 2.75) is 31.0 Å². The summed E-state index contributed by atoms with van der Waals surface area (Å²) < 4.78 is 45.7. The smallest absolute Gasteiger partial charge is 0.196 e. The number of hydrogen-bond acceptors (Lipinski definition) is 11. The highest BCUT2D eigenvalue weighted by Gasteiger charge is 2.23. The first-order valence-electron chi connectivity index (χ1n) is 15.0. The van der Waals surface area contributed by atoms with Crippen LogP contribution in [0.1, 0.15) is 30.0 Å². The number of sulfone groups is 1. The number of pyridine rings is 2. The maximum absolute atomic E-state index is 13.5. The second-order valence-electron chi connectivity index (χ2n) is 11.0. The van der Waals surface area contributed by atoms with Crippen LogP contribution in [-0.4, -0.2) is 57.6 Å². The number of ether oxygens (including phenoxy) is 1. The molecule has 1 atom stereocenters. The Kier molecular flexibility index (Phi) is 10.3. The maximum Gasteiger partial charge on any atom is 0.196 e. The van der Waals surface area contributed by atoms with Crippen molar-refractivity contribution in [1.29, 1.82) is 0 Å². The van der Waals surface area contributed by atoms with Crippen molar-refractivity contribution in [3.63, 3.8) is 0 Å². The van der Waals surface area contributed by atoms with Crippen molar-refractivity contribution < 1.29 is 17.5 Å². The van der Waals surface area contributed by atoms with Crippen LogP contribution < -0.4 is 10.1 Å². The molecule has 6 rings (SSSR count). The normalized spacial score (nSPS) is 12.4. The number of halogens is 2. The summed E-state index contributed by atoms with van der Waals surface area (Å²) in [4.78, 5) is 24.5. The third kappa shape index (κ3) is 7.84. The average molecular weight is 749 g/mol. The van der Waals surface area contributed by atoms with Gasteiger partial charge in [0.1, 0.15) is 35.3 Å². The Balaban J connectivity index is 1.16. The van der Waals surface area contributed by atoms with Crippen LogP contribution in [0, 0.1) is 5.82 Å². The van der Waals surface area contributed by atoms with E-state index in [9.17, 15) is 12.8 Å². The molecule has 0 saturated carbocycles. The lowest BCUT2D eigenvalue weighted by molar-refractivity contribution is 0.251. The van der Waals surface area contributed by atoms with Crippen LogP contribution in [0.4, 0.5) is 15.9 Å². The molecule has 0 fully saturated rings. The number of fused-ring (bicyclic) bond motifs is 1. The van der Waals surface area contributed by atoms with Gasteiger partial charge in [-0.3, -0.25) is 9.88 Å². The summed E-state index contributed by atoms with van der Waals surface area (Å²) in [5, 5.41) is 7.05. The van der Waals surface area contributed by atoms with E-state index in [1.807, 2.05) is 47.7 Å². The Labute approximate surface area is 290 Å². The minimum absolute atomic E-state index is 0.0432. The Morgan fingerprint density at radius 3 is 2.67 bits per heavy atom. The molecule has 1 unspecified atom stereocenters. The van der Waals surface area contributed by atoms with Gasteiger partial charge in [-0.1, -0.05) is 25.1 Å². The zero-order valence-corrected chi connectivity index (χ0v) is 29.3. The van der Waals surface area contributed by atoms with E-state index in [1.165, 1.54) is 42.1 Å². The second-order valence-corrected chi connectivity index (χ2v) is 14.8. The fourth-order valence-corrected chi connectivity index (χ4v) is 7.91. The molecule has 0 amide bonds. The van der Waals surface area contributed by atoms with E-state index in [4.69, 9.17) is 9.72 Å². The summed E-state index contributed by atoms with van der Waals surface area (Å²) in [5.41, 5.74) is 3.55. The van der Waals surface area contributed by atoms with Gasteiger partial charge >= 0.3 is 0 Å². The molecule has 1 N–H and O–H groups in total. The molecule has 10 nitrogen and oxygen atoms in total. The molecule has 48 heavy (non-hydrogen) atoms. The number of anilines is 2. The highest BCUT2D eigenvalue weighted by molar-refractivity contribution is 9.10. The minimum Gasteiger partial charge on any atom is -0.488 e. The van der Waals surface area contributed by atoms with Crippen LogP contribution >= 0.6 is 27.3 Å². The molecule has 2 aromatic carbocycles. The Hall–Kier alpha value is -4.37. The Morgan fingerprint density at radius 1 is 1.02 bits per heavy atom. The van der Waals surface area contributed by atoms with Crippen molar-refractivity contribution in [3.8, 4) is 17.1 Å². The molecule has 0 bridgehead atoms. The van der Waals surface area contributed by atoms with Crippen LogP contribution in [0.3, 0.4) is 0 Å². The predicted octanol–water partition coefficient (Wildman–Crippen LogP) is 7.62. The monoisotopic (exact) mass is 747 g/mol. The summed E-state index contributed by atoms with van der Waals surface area (Å²) in [6.45, 7) is 2.63. The van der Waals surface area contributed by atoms with Gasteiger partial charge in [0.15, 0.2) is 14.9 Å². The first-order chi connectivity index (χ1) is 23.2. The van der Waals surface area contributed by atoms with Gasteiger partial charge in [0, 0.05) is 29.2 Å². The molecule has 246 valence electrons. The van der Waals surface area contributed by atoms with E-state index < -0.39 is 9.84 Å². The van der Waals surface area contributed by atoms with Crippen molar-refractivity contribution in [3.05, 3.63) is 112 Å². The number of hydrogen-bond donors (Lipinski definition) is 1. The van der Waals surface area contributed by atoms with Crippen molar-refractivity contribution >= 4 is 59.5 Å². The number of nitrogens with one attached hydrogen (secondary N) is 1. The second kappa shape index (κ2) is 14.8. The van der Waals surface area contributed by atoms with Gasteiger partial charge in [-0.25, -0.2) is 32.7 Å². The molecule has 4 aromatic heterocycles.